The van der Waals surface area contributed by atoms with Crippen LogP contribution in [0.2, 0.25) is 5.02 Å². The number of aromatic nitrogens is 2. The van der Waals surface area contributed by atoms with Gasteiger partial charge in [-0.25, -0.2) is 9.97 Å². The molecule has 2 aromatic heterocycles. The van der Waals surface area contributed by atoms with Crippen molar-refractivity contribution in [2.24, 2.45) is 0 Å². The second-order valence-electron chi connectivity index (χ2n) is 6.10. The third-order valence-electron chi connectivity index (χ3n) is 4.36. The molecule has 3 heterocycles. The summed E-state index contributed by atoms with van der Waals surface area (Å²) in [6.07, 6.45) is 1.49. The molecular formula is C20H14ClN3O3. The zero-order chi connectivity index (χ0) is 18.2. The van der Waals surface area contributed by atoms with Crippen LogP contribution in [0, 0.1) is 0 Å². The second kappa shape index (κ2) is 6.48. The van der Waals surface area contributed by atoms with E-state index in [1.807, 2.05) is 48.5 Å². The molecule has 134 valence electrons. The molecule has 2 aromatic carbocycles. The summed E-state index contributed by atoms with van der Waals surface area (Å²) >= 11 is 5.96. The Bertz CT molecular complexity index is 1130. The maximum absolute atomic E-state index is 5.96. The van der Waals surface area contributed by atoms with Crippen molar-refractivity contribution in [3.63, 3.8) is 0 Å². The van der Waals surface area contributed by atoms with E-state index in [-0.39, 0.29) is 6.79 Å². The van der Waals surface area contributed by atoms with Crippen LogP contribution in [0.4, 0.5) is 5.82 Å². The molecule has 0 unspecified atom stereocenters. The Labute approximate surface area is 159 Å². The van der Waals surface area contributed by atoms with E-state index in [0.29, 0.717) is 28.9 Å². The number of hydrogen-bond donors (Lipinski definition) is 1. The summed E-state index contributed by atoms with van der Waals surface area (Å²) < 4.78 is 16.6. The number of anilines is 1. The van der Waals surface area contributed by atoms with Crippen molar-refractivity contribution in [1.29, 1.82) is 0 Å². The van der Waals surface area contributed by atoms with Gasteiger partial charge in [0.15, 0.2) is 11.5 Å². The molecule has 5 rings (SSSR count). The first kappa shape index (κ1) is 16.0. The highest BCUT2D eigenvalue weighted by molar-refractivity contribution is 6.30. The van der Waals surface area contributed by atoms with Gasteiger partial charge in [-0.2, -0.15) is 0 Å². The summed E-state index contributed by atoms with van der Waals surface area (Å²) in [7, 11) is 0. The first-order chi connectivity index (χ1) is 13.3. The number of rotatable bonds is 4. The molecule has 0 aliphatic carbocycles. The highest BCUT2D eigenvalue weighted by Crippen LogP contribution is 2.33. The average molecular weight is 380 g/mol. The summed E-state index contributed by atoms with van der Waals surface area (Å²) in [6, 6.07) is 15.3. The maximum Gasteiger partial charge on any atom is 0.231 e. The maximum atomic E-state index is 5.96. The standard InChI is InChI=1S/C20H14ClN3O3/c21-14-4-2-13(3-5-14)17-8-15-19(23-10-24-20(15)27-17)22-9-12-1-6-16-18(7-12)26-11-25-16/h1-8,10H,9,11H2,(H,22,23,24). The van der Waals surface area contributed by atoms with Crippen molar-refractivity contribution in [1.82, 2.24) is 9.97 Å². The number of furan rings is 1. The second-order valence-corrected chi connectivity index (χ2v) is 6.54. The van der Waals surface area contributed by atoms with E-state index in [1.54, 1.807) is 0 Å². The Balaban J connectivity index is 1.42. The van der Waals surface area contributed by atoms with E-state index >= 15 is 0 Å². The zero-order valence-corrected chi connectivity index (χ0v) is 14.9. The minimum absolute atomic E-state index is 0.265. The molecule has 0 amide bonds. The van der Waals surface area contributed by atoms with Gasteiger partial charge in [-0.15, -0.1) is 0 Å². The van der Waals surface area contributed by atoms with Crippen molar-refractivity contribution in [3.05, 3.63) is 65.4 Å². The van der Waals surface area contributed by atoms with Gasteiger partial charge >= 0.3 is 0 Å². The SMILES string of the molecule is Clc1ccc(-c2cc3c(NCc4ccc5c(c4)OCO5)ncnc3o2)cc1. The van der Waals surface area contributed by atoms with Crippen LogP contribution in [-0.4, -0.2) is 16.8 Å². The van der Waals surface area contributed by atoms with Crippen LogP contribution in [0.1, 0.15) is 5.56 Å². The third-order valence-corrected chi connectivity index (χ3v) is 4.61. The number of ether oxygens (including phenoxy) is 2. The molecule has 0 saturated heterocycles. The third kappa shape index (κ3) is 3.04. The van der Waals surface area contributed by atoms with Crippen LogP contribution in [0.3, 0.4) is 0 Å². The first-order valence-corrected chi connectivity index (χ1v) is 8.77. The fraction of sp³-hybridized carbons (Fsp3) is 0.100. The van der Waals surface area contributed by atoms with Crippen LogP contribution < -0.4 is 14.8 Å². The van der Waals surface area contributed by atoms with Crippen LogP contribution in [0.5, 0.6) is 11.5 Å². The number of nitrogens with one attached hydrogen (secondary N) is 1. The van der Waals surface area contributed by atoms with Gasteiger partial charge in [0.2, 0.25) is 12.5 Å². The molecule has 27 heavy (non-hydrogen) atoms. The molecule has 0 atom stereocenters. The van der Waals surface area contributed by atoms with Crippen LogP contribution in [-0.2, 0) is 6.54 Å². The first-order valence-electron chi connectivity index (χ1n) is 8.39. The van der Waals surface area contributed by atoms with E-state index in [2.05, 4.69) is 15.3 Å². The van der Waals surface area contributed by atoms with Gasteiger partial charge in [-0.05, 0) is 48.0 Å². The minimum Gasteiger partial charge on any atom is -0.454 e. The zero-order valence-electron chi connectivity index (χ0n) is 14.1. The molecule has 6 nitrogen and oxygen atoms in total. The van der Waals surface area contributed by atoms with E-state index in [0.717, 1.165) is 28.0 Å². The molecule has 0 spiro atoms. The predicted molar refractivity (Wildman–Crippen MR) is 102 cm³/mol. The molecule has 4 aromatic rings. The Morgan fingerprint density at radius 3 is 2.70 bits per heavy atom. The van der Waals surface area contributed by atoms with Gasteiger partial charge in [-0.3, -0.25) is 0 Å². The summed E-state index contributed by atoms with van der Waals surface area (Å²) in [6.45, 7) is 0.853. The van der Waals surface area contributed by atoms with E-state index < -0.39 is 0 Å². The molecule has 7 heteroatoms. The van der Waals surface area contributed by atoms with Crippen LogP contribution in [0.15, 0.2) is 59.3 Å². The minimum atomic E-state index is 0.265. The number of nitrogens with zero attached hydrogens (tertiary/aromatic N) is 2. The molecule has 0 radical (unpaired) electrons. The topological polar surface area (TPSA) is 69.4 Å². The van der Waals surface area contributed by atoms with Gasteiger partial charge in [0.05, 0.1) is 5.39 Å². The Kier molecular flexibility index (Phi) is 3.83. The smallest absolute Gasteiger partial charge is 0.231 e. The summed E-state index contributed by atoms with van der Waals surface area (Å²) in [5.74, 6) is 2.95. The summed E-state index contributed by atoms with van der Waals surface area (Å²) in [4.78, 5) is 8.58. The van der Waals surface area contributed by atoms with Crippen molar-refractivity contribution >= 4 is 28.5 Å². The lowest BCUT2D eigenvalue weighted by Crippen LogP contribution is -2.02. The molecule has 1 N–H and O–H groups in total. The number of halogens is 1. The predicted octanol–water partition coefficient (Wildman–Crippen LogP) is 4.88. The monoisotopic (exact) mass is 379 g/mol. The van der Waals surface area contributed by atoms with Crippen LogP contribution in [0.25, 0.3) is 22.4 Å². The van der Waals surface area contributed by atoms with Crippen molar-refractivity contribution in [2.45, 2.75) is 6.54 Å². The molecular weight excluding hydrogens is 366 g/mol. The number of hydrogen-bond acceptors (Lipinski definition) is 6. The fourth-order valence-corrected chi connectivity index (χ4v) is 3.12. The van der Waals surface area contributed by atoms with E-state index in [9.17, 15) is 0 Å². The van der Waals surface area contributed by atoms with Crippen molar-refractivity contribution < 1.29 is 13.9 Å². The fourth-order valence-electron chi connectivity index (χ4n) is 2.99. The van der Waals surface area contributed by atoms with Crippen molar-refractivity contribution in [2.75, 3.05) is 12.1 Å². The lowest BCUT2D eigenvalue weighted by molar-refractivity contribution is 0.174. The Hall–Kier alpha value is -3.25. The quantitative estimate of drug-likeness (QED) is 0.544. The Morgan fingerprint density at radius 1 is 0.963 bits per heavy atom. The number of benzene rings is 2. The van der Waals surface area contributed by atoms with Gasteiger partial charge in [-0.1, -0.05) is 17.7 Å². The largest absolute Gasteiger partial charge is 0.454 e. The van der Waals surface area contributed by atoms with Crippen LogP contribution >= 0.6 is 11.6 Å². The molecule has 1 aliphatic heterocycles. The van der Waals surface area contributed by atoms with Gasteiger partial charge in [0.25, 0.3) is 0 Å². The molecule has 0 saturated carbocycles. The summed E-state index contributed by atoms with van der Waals surface area (Å²) in [5, 5.41) is 4.84. The lowest BCUT2D eigenvalue weighted by atomic mass is 10.1. The average Bonchev–Trinajstić information content (AvgIpc) is 3.33. The van der Waals surface area contributed by atoms with E-state index in [1.165, 1.54) is 6.33 Å². The normalized spacial score (nSPS) is 12.5. The van der Waals surface area contributed by atoms with Gasteiger partial charge < -0.3 is 19.2 Å². The van der Waals surface area contributed by atoms with Crippen molar-refractivity contribution in [3.8, 4) is 22.8 Å². The highest BCUT2D eigenvalue weighted by Gasteiger charge is 2.14. The molecule has 0 fully saturated rings. The molecule has 0 bridgehead atoms. The number of fused-ring (bicyclic) bond motifs is 2. The van der Waals surface area contributed by atoms with Gasteiger partial charge in [0.1, 0.15) is 17.9 Å². The van der Waals surface area contributed by atoms with E-state index in [4.69, 9.17) is 25.5 Å². The lowest BCUT2D eigenvalue weighted by Gasteiger charge is -2.06. The highest BCUT2D eigenvalue weighted by atomic mass is 35.5. The molecule has 1 aliphatic rings. The Morgan fingerprint density at radius 2 is 1.81 bits per heavy atom. The summed E-state index contributed by atoms with van der Waals surface area (Å²) in [5.41, 5.74) is 2.52. The van der Waals surface area contributed by atoms with Gasteiger partial charge in [0, 0.05) is 17.1 Å².